The Morgan fingerprint density at radius 2 is 2.00 bits per heavy atom. The van der Waals surface area contributed by atoms with Gasteiger partial charge in [-0.15, -0.1) is 0 Å². The summed E-state index contributed by atoms with van der Waals surface area (Å²) in [5.74, 6) is 0.643. The summed E-state index contributed by atoms with van der Waals surface area (Å²) in [5.41, 5.74) is 2.06. The topological polar surface area (TPSA) is 55.8 Å². The van der Waals surface area contributed by atoms with Gasteiger partial charge in [0.25, 0.3) is 0 Å². The van der Waals surface area contributed by atoms with Crippen LogP contribution in [0.5, 0.6) is 5.75 Å². The summed E-state index contributed by atoms with van der Waals surface area (Å²) in [7, 11) is 1.33. The molecule has 0 unspecified atom stereocenters. The highest BCUT2D eigenvalue weighted by Gasteiger charge is 2.19. The van der Waals surface area contributed by atoms with Crippen molar-refractivity contribution >= 4 is 18.1 Å². The average Bonchev–Trinajstić information content (AvgIpc) is 2.80. The van der Waals surface area contributed by atoms with E-state index in [0.717, 1.165) is 17.5 Å². The van der Waals surface area contributed by atoms with Gasteiger partial charge < -0.3 is 14.4 Å². The van der Waals surface area contributed by atoms with Gasteiger partial charge in [-0.3, -0.25) is 4.79 Å². The fourth-order valence-corrected chi connectivity index (χ4v) is 2.37. The lowest BCUT2D eigenvalue weighted by Gasteiger charge is -2.11. The molecule has 1 amide bonds. The summed E-state index contributed by atoms with van der Waals surface area (Å²) in [6.45, 7) is 0.372. The Labute approximate surface area is 133 Å². The van der Waals surface area contributed by atoms with E-state index in [0.29, 0.717) is 23.6 Å². The van der Waals surface area contributed by atoms with Crippen molar-refractivity contribution in [2.75, 3.05) is 7.11 Å². The third kappa shape index (κ3) is 3.08. The van der Waals surface area contributed by atoms with Crippen LogP contribution in [0.15, 0.2) is 54.7 Å². The minimum Gasteiger partial charge on any atom is -0.465 e. The molecule has 0 atom stereocenters. The molecule has 1 aliphatic heterocycles. The Morgan fingerprint density at radius 3 is 2.70 bits per heavy atom. The summed E-state index contributed by atoms with van der Waals surface area (Å²) in [6.07, 6.45) is 2.40. The van der Waals surface area contributed by atoms with E-state index in [9.17, 15) is 9.59 Å². The van der Waals surface area contributed by atoms with Crippen molar-refractivity contribution in [3.8, 4) is 5.75 Å². The van der Waals surface area contributed by atoms with Crippen molar-refractivity contribution in [3.05, 3.63) is 71.4 Å². The number of carbonyl (C=O) groups is 2. The number of nitrogens with zero attached hydrogens (tertiary/aromatic N) is 1. The Morgan fingerprint density at radius 1 is 1.22 bits per heavy atom. The second kappa shape index (κ2) is 6.36. The zero-order valence-electron chi connectivity index (χ0n) is 12.6. The van der Waals surface area contributed by atoms with Crippen LogP contribution < -0.4 is 4.74 Å². The maximum absolute atomic E-state index is 11.7. The number of fused-ring (bicyclic) bond motifs is 1. The minimum absolute atomic E-state index is 0.372. The fourth-order valence-electron chi connectivity index (χ4n) is 2.37. The molecule has 0 spiro atoms. The number of carbonyl (C=O) groups excluding carboxylic acids is 2. The quantitative estimate of drug-likeness (QED) is 0.646. The lowest BCUT2D eigenvalue weighted by atomic mass is 10.1. The molecule has 1 heterocycles. The van der Waals surface area contributed by atoms with E-state index in [1.807, 2.05) is 30.3 Å². The highest BCUT2D eigenvalue weighted by atomic mass is 16.5. The molecule has 0 fully saturated rings. The minimum atomic E-state index is -0.432. The second-order valence-electron chi connectivity index (χ2n) is 5.05. The molecule has 0 bridgehead atoms. The van der Waals surface area contributed by atoms with Gasteiger partial charge in [0.05, 0.1) is 25.4 Å². The summed E-state index contributed by atoms with van der Waals surface area (Å²) in [4.78, 5) is 24.5. The Hall–Kier alpha value is -3.08. The second-order valence-corrected chi connectivity index (χ2v) is 5.05. The van der Waals surface area contributed by atoms with Crippen LogP contribution in [0.3, 0.4) is 0 Å². The standard InChI is InChI=1S/C18H15NO4/c1-22-18(21)14-7-8-15-10-19(12-20)11-17(23-16(15)9-14)13-5-3-2-4-6-13/h2-9,11-12H,10H2,1H3. The van der Waals surface area contributed by atoms with E-state index < -0.39 is 5.97 Å². The molecule has 0 saturated heterocycles. The molecule has 0 aromatic heterocycles. The first-order chi connectivity index (χ1) is 11.2. The molecular formula is C18H15NO4. The molecule has 116 valence electrons. The number of hydrogen-bond donors (Lipinski definition) is 0. The third-order valence-corrected chi connectivity index (χ3v) is 3.54. The number of esters is 1. The van der Waals surface area contributed by atoms with Crippen molar-refractivity contribution in [3.63, 3.8) is 0 Å². The van der Waals surface area contributed by atoms with E-state index in [4.69, 9.17) is 9.47 Å². The molecule has 5 heteroatoms. The number of rotatable bonds is 3. The van der Waals surface area contributed by atoms with Crippen molar-refractivity contribution in [1.82, 2.24) is 4.90 Å². The molecule has 5 nitrogen and oxygen atoms in total. The van der Waals surface area contributed by atoms with E-state index in [2.05, 4.69) is 0 Å². The molecule has 0 aliphatic carbocycles. The van der Waals surface area contributed by atoms with Gasteiger partial charge in [0.2, 0.25) is 6.41 Å². The number of benzene rings is 2. The first-order valence-corrected chi connectivity index (χ1v) is 7.08. The highest BCUT2D eigenvalue weighted by molar-refractivity contribution is 5.90. The summed E-state index contributed by atoms with van der Waals surface area (Å²) in [6, 6.07) is 14.5. The summed E-state index contributed by atoms with van der Waals surface area (Å²) >= 11 is 0. The molecule has 1 aliphatic rings. The monoisotopic (exact) mass is 309 g/mol. The Balaban J connectivity index is 2.04. The van der Waals surface area contributed by atoms with Gasteiger partial charge in [0, 0.05) is 11.1 Å². The summed E-state index contributed by atoms with van der Waals surface area (Å²) < 4.78 is 10.7. The van der Waals surface area contributed by atoms with Gasteiger partial charge in [-0.25, -0.2) is 4.79 Å². The first kappa shape index (κ1) is 14.8. The average molecular weight is 309 g/mol. The van der Waals surface area contributed by atoms with Crippen molar-refractivity contribution < 1.29 is 19.1 Å². The van der Waals surface area contributed by atoms with Gasteiger partial charge in [0.1, 0.15) is 5.75 Å². The van der Waals surface area contributed by atoms with E-state index >= 15 is 0 Å². The van der Waals surface area contributed by atoms with Gasteiger partial charge in [-0.1, -0.05) is 36.4 Å². The predicted molar refractivity (Wildman–Crippen MR) is 84.4 cm³/mol. The number of ether oxygens (including phenoxy) is 2. The van der Waals surface area contributed by atoms with Crippen molar-refractivity contribution in [2.24, 2.45) is 0 Å². The van der Waals surface area contributed by atoms with Crippen LogP contribution in [0.25, 0.3) is 5.76 Å². The molecular weight excluding hydrogens is 294 g/mol. The predicted octanol–water partition coefficient (Wildman–Crippen LogP) is 2.82. The van der Waals surface area contributed by atoms with Crippen LogP contribution in [-0.4, -0.2) is 24.4 Å². The zero-order valence-corrected chi connectivity index (χ0v) is 12.6. The van der Waals surface area contributed by atoms with Gasteiger partial charge in [-0.2, -0.15) is 0 Å². The zero-order chi connectivity index (χ0) is 16.2. The molecule has 3 rings (SSSR count). The Bertz CT molecular complexity index is 768. The SMILES string of the molecule is COC(=O)c1ccc2c(c1)OC(c1ccccc1)=CN(C=O)C2. The van der Waals surface area contributed by atoms with Gasteiger partial charge in [0.15, 0.2) is 5.76 Å². The maximum Gasteiger partial charge on any atom is 0.337 e. The molecule has 0 N–H and O–H groups in total. The van der Waals surface area contributed by atoms with Crippen LogP contribution >= 0.6 is 0 Å². The van der Waals surface area contributed by atoms with Gasteiger partial charge in [-0.05, 0) is 12.1 Å². The number of methoxy groups -OCH3 is 1. The Kier molecular flexibility index (Phi) is 4.10. The van der Waals surface area contributed by atoms with Crippen LogP contribution in [0.4, 0.5) is 0 Å². The van der Waals surface area contributed by atoms with Gasteiger partial charge >= 0.3 is 5.97 Å². The van der Waals surface area contributed by atoms with Crippen LogP contribution in [-0.2, 0) is 16.1 Å². The first-order valence-electron chi connectivity index (χ1n) is 7.08. The van der Waals surface area contributed by atoms with Crippen LogP contribution in [0.2, 0.25) is 0 Å². The molecule has 0 radical (unpaired) electrons. The normalized spacial score (nSPS) is 13.3. The number of hydrogen-bond acceptors (Lipinski definition) is 4. The van der Waals surface area contributed by atoms with E-state index in [1.165, 1.54) is 12.0 Å². The number of amides is 1. The highest BCUT2D eigenvalue weighted by Crippen LogP contribution is 2.30. The van der Waals surface area contributed by atoms with E-state index in [-0.39, 0.29) is 0 Å². The molecule has 2 aromatic rings. The largest absolute Gasteiger partial charge is 0.465 e. The van der Waals surface area contributed by atoms with Crippen molar-refractivity contribution in [2.45, 2.75) is 6.54 Å². The van der Waals surface area contributed by atoms with E-state index in [1.54, 1.807) is 24.4 Å². The smallest absolute Gasteiger partial charge is 0.337 e. The van der Waals surface area contributed by atoms with Crippen molar-refractivity contribution in [1.29, 1.82) is 0 Å². The van der Waals surface area contributed by atoms with Crippen LogP contribution in [0, 0.1) is 0 Å². The maximum atomic E-state index is 11.7. The molecule has 2 aromatic carbocycles. The molecule has 23 heavy (non-hydrogen) atoms. The van der Waals surface area contributed by atoms with Crippen LogP contribution in [0.1, 0.15) is 21.5 Å². The lowest BCUT2D eigenvalue weighted by Crippen LogP contribution is -2.13. The molecule has 0 saturated carbocycles. The fraction of sp³-hybridized carbons (Fsp3) is 0.111. The summed E-state index contributed by atoms with van der Waals surface area (Å²) in [5, 5.41) is 0. The third-order valence-electron chi connectivity index (χ3n) is 3.54. The lowest BCUT2D eigenvalue weighted by molar-refractivity contribution is -0.116.